The first-order chi connectivity index (χ1) is 13.2. The number of nitrogens with one attached hydrogen (secondary N) is 2. The minimum atomic E-state index is -0.0107. The zero-order chi connectivity index (χ0) is 18.6. The van der Waals surface area contributed by atoms with Crippen molar-refractivity contribution in [1.29, 1.82) is 0 Å². The second-order valence-corrected chi connectivity index (χ2v) is 7.38. The molecule has 2 aromatic heterocycles. The SMILES string of the molecule is O=C(CCc1c[nH]c2ccccc12)Nc1cnn(Cc2ccc(Br)cc2)c1. The van der Waals surface area contributed by atoms with E-state index < -0.39 is 0 Å². The largest absolute Gasteiger partial charge is 0.361 e. The fraction of sp³-hybridized carbons (Fsp3) is 0.143. The van der Waals surface area contributed by atoms with E-state index in [0.29, 0.717) is 19.4 Å². The van der Waals surface area contributed by atoms with Crippen molar-refractivity contribution in [2.75, 3.05) is 5.32 Å². The van der Waals surface area contributed by atoms with E-state index >= 15 is 0 Å². The fourth-order valence-corrected chi connectivity index (χ4v) is 3.37. The molecule has 2 aromatic carbocycles. The van der Waals surface area contributed by atoms with E-state index in [-0.39, 0.29) is 5.91 Å². The number of fused-ring (bicyclic) bond motifs is 1. The Morgan fingerprint density at radius 3 is 2.81 bits per heavy atom. The molecule has 6 heteroatoms. The highest BCUT2D eigenvalue weighted by Gasteiger charge is 2.08. The van der Waals surface area contributed by atoms with Crippen molar-refractivity contribution in [1.82, 2.24) is 14.8 Å². The number of carbonyl (C=O) groups excluding carboxylic acids is 1. The number of nitrogens with zero attached hydrogens (tertiary/aromatic N) is 2. The van der Waals surface area contributed by atoms with Crippen molar-refractivity contribution in [2.45, 2.75) is 19.4 Å². The van der Waals surface area contributed by atoms with Gasteiger partial charge in [-0.05, 0) is 35.7 Å². The second kappa shape index (κ2) is 7.80. The molecule has 4 aromatic rings. The monoisotopic (exact) mass is 422 g/mol. The van der Waals surface area contributed by atoms with Gasteiger partial charge in [0.2, 0.25) is 5.91 Å². The average Bonchev–Trinajstić information content (AvgIpc) is 3.29. The number of anilines is 1. The lowest BCUT2D eigenvalue weighted by Gasteiger charge is -2.03. The molecule has 0 atom stereocenters. The normalized spacial score (nSPS) is 11.0. The number of para-hydroxylation sites is 1. The molecule has 136 valence electrons. The molecule has 0 unspecified atom stereocenters. The number of benzene rings is 2. The number of aromatic nitrogens is 3. The van der Waals surface area contributed by atoms with Gasteiger partial charge in [0.05, 0.1) is 18.4 Å². The molecule has 0 saturated heterocycles. The van der Waals surface area contributed by atoms with Crippen LogP contribution in [0.2, 0.25) is 0 Å². The van der Waals surface area contributed by atoms with Crippen LogP contribution in [0.25, 0.3) is 10.9 Å². The Balaban J connectivity index is 1.33. The highest BCUT2D eigenvalue weighted by Crippen LogP contribution is 2.19. The first kappa shape index (κ1) is 17.5. The Kier molecular flexibility index (Phi) is 5.07. The molecule has 0 fully saturated rings. The molecule has 2 heterocycles. The highest BCUT2D eigenvalue weighted by molar-refractivity contribution is 9.10. The van der Waals surface area contributed by atoms with Crippen molar-refractivity contribution >= 4 is 38.4 Å². The van der Waals surface area contributed by atoms with Crippen LogP contribution in [-0.2, 0) is 17.8 Å². The maximum absolute atomic E-state index is 12.3. The number of rotatable bonds is 6. The third kappa shape index (κ3) is 4.28. The van der Waals surface area contributed by atoms with Gasteiger partial charge in [-0.3, -0.25) is 9.48 Å². The summed E-state index contributed by atoms with van der Waals surface area (Å²) in [5, 5.41) is 8.42. The zero-order valence-electron chi connectivity index (χ0n) is 14.7. The van der Waals surface area contributed by atoms with Crippen LogP contribution in [0.15, 0.2) is 71.6 Å². The molecule has 0 spiro atoms. The molecular weight excluding hydrogens is 404 g/mol. The smallest absolute Gasteiger partial charge is 0.224 e. The summed E-state index contributed by atoms with van der Waals surface area (Å²) in [4.78, 5) is 15.5. The van der Waals surface area contributed by atoms with Gasteiger partial charge in [0, 0.05) is 34.2 Å². The lowest BCUT2D eigenvalue weighted by atomic mass is 10.1. The molecule has 27 heavy (non-hydrogen) atoms. The number of carbonyl (C=O) groups is 1. The van der Waals surface area contributed by atoms with Gasteiger partial charge < -0.3 is 10.3 Å². The number of amides is 1. The minimum Gasteiger partial charge on any atom is -0.361 e. The van der Waals surface area contributed by atoms with Crippen molar-refractivity contribution in [2.24, 2.45) is 0 Å². The third-order valence-electron chi connectivity index (χ3n) is 4.47. The van der Waals surface area contributed by atoms with Gasteiger partial charge in [0.25, 0.3) is 0 Å². The molecule has 2 N–H and O–H groups in total. The molecule has 0 aliphatic carbocycles. The van der Waals surface area contributed by atoms with Gasteiger partial charge in [-0.2, -0.15) is 5.10 Å². The summed E-state index contributed by atoms with van der Waals surface area (Å²) in [6.45, 7) is 0.665. The molecular formula is C21H19BrN4O. The van der Waals surface area contributed by atoms with Crippen LogP contribution < -0.4 is 5.32 Å². The summed E-state index contributed by atoms with van der Waals surface area (Å²) in [6.07, 6.45) is 6.64. The number of hydrogen-bond donors (Lipinski definition) is 2. The molecule has 1 amide bonds. The molecule has 0 radical (unpaired) electrons. The van der Waals surface area contributed by atoms with E-state index in [1.54, 1.807) is 6.20 Å². The van der Waals surface area contributed by atoms with Crippen LogP contribution in [0.5, 0.6) is 0 Å². The quantitative estimate of drug-likeness (QED) is 0.470. The van der Waals surface area contributed by atoms with Crippen molar-refractivity contribution in [3.63, 3.8) is 0 Å². The van der Waals surface area contributed by atoms with E-state index in [1.807, 2.05) is 59.5 Å². The van der Waals surface area contributed by atoms with Crippen LogP contribution in [-0.4, -0.2) is 20.7 Å². The van der Waals surface area contributed by atoms with E-state index in [0.717, 1.165) is 26.8 Å². The van der Waals surface area contributed by atoms with E-state index in [1.165, 1.54) is 5.39 Å². The Morgan fingerprint density at radius 1 is 1.15 bits per heavy atom. The minimum absolute atomic E-state index is 0.0107. The van der Waals surface area contributed by atoms with Gasteiger partial charge in [-0.1, -0.05) is 46.3 Å². The molecule has 4 rings (SSSR count). The van der Waals surface area contributed by atoms with Crippen LogP contribution >= 0.6 is 15.9 Å². The first-order valence-electron chi connectivity index (χ1n) is 8.79. The maximum atomic E-state index is 12.3. The molecule has 0 aliphatic rings. The van der Waals surface area contributed by atoms with Crippen molar-refractivity contribution < 1.29 is 4.79 Å². The van der Waals surface area contributed by atoms with E-state index in [4.69, 9.17) is 0 Å². The summed E-state index contributed by atoms with van der Waals surface area (Å²) < 4.78 is 2.87. The Hall–Kier alpha value is -2.86. The van der Waals surface area contributed by atoms with Gasteiger partial charge in [0.1, 0.15) is 0 Å². The van der Waals surface area contributed by atoms with Gasteiger partial charge in [-0.25, -0.2) is 0 Å². The Morgan fingerprint density at radius 2 is 1.96 bits per heavy atom. The molecule has 0 aliphatic heterocycles. The third-order valence-corrected chi connectivity index (χ3v) is 5.00. The average molecular weight is 423 g/mol. The number of aryl methyl sites for hydroxylation is 1. The van der Waals surface area contributed by atoms with Crippen LogP contribution in [0, 0.1) is 0 Å². The predicted octanol–water partition coefficient (Wildman–Crippen LogP) is 4.75. The van der Waals surface area contributed by atoms with Crippen LogP contribution in [0.3, 0.4) is 0 Å². The van der Waals surface area contributed by atoms with E-state index in [9.17, 15) is 4.79 Å². The number of halogens is 1. The summed E-state index contributed by atoms with van der Waals surface area (Å²) in [7, 11) is 0. The Bertz CT molecular complexity index is 1070. The molecule has 0 saturated carbocycles. The van der Waals surface area contributed by atoms with Gasteiger partial charge in [-0.15, -0.1) is 0 Å². The summed E-state index contributed by atoms with van der Waals surface area (Å²) in [5.41, 5.74) is 4.13. The van der Waals surface area contributed by atoms with Gasteiger partial charge in [0.15, 0.2) is 0 Å². The summed E-state index contributed by atoms with van der Waals surface area (Å²) in [6, 6.07) is 16.2. The maximum Gasteiger partial charge on any atom is 0.224 e. The van der Waals surface area contributed by atoms with E-state index in [2.05, 4.69) is 37.4 Å². The lowest BCUT2D eigenvalue weighted by Crippen LogP contribution is -2.11. The lowest BCUT2D eigenvalue weighted by molar-refractivity contribution is -0.116. The number of hydrogen-bond acceptors (Lipinski definition) is 2. The fourth-order valence-electron chi connectivity index (χ4n) is 3.10. The Labute approximate surface area is 165 Å². The summed E-state index contributed by atoms with van der Waals surface area (Å²) in [5.74, 6) is -0.0107. The predicted molar refractivity (Wildman–Crippen MR) is 111 cm³/mol. The highest BCUT2D eigenvalue weighted by atomic mass is 79.9. The molecule has 5 nitrogen and oxygen atoms in total. The standard InChI is InChI=1S/C21H19BrN4O/c22-17-8-5-15(6-9-17)13-26-14-18(12-24-26)25-21(27)10-7-16-11-23-20-4-2-1-3-19(16)20/h1-6,8-9,11-12,14,23H,7,10,13H2,(H,25,27). The first-order valence-corrected chi connectivity index (χ1v) is 9.58. The van der Waals surface area contributed by atoms with Crippen molar-refractivity contribution in [3.05, 3.63) is 82.7 Å². The topological polar surface area (TPSA) is 62.7 Å². The zero-order valence-corrected chi connectivity index (χ0v) is 16.2. The van der Waals surface area contributed by atoms with Crippen LogP contribution in [0.1, 0.15) is 17.5 Å². The number of H-pyrrole nitrogens is 1. The van der Waals surface area contributed by atoms with Crippen molar-refractivity contribution in [3.8, 4) is 0 Å². The summed E-state index contributed by atoms with van der Waals surface area (Å²) >= 11 is 3.43. The molecule has 0 bridgehead atoms. The second-order valence-electron chi connectivity index (χ2n) is 6.46. The van der Waals surface area contributed by atoms with Crippen LogP contribution in [0.4, 0.5) is 5.69 Å². The van der Waals surface area contributed by atoms with Gasteiger partial charge >= 0.3 is 0 Å². The number of aromatic amines is 1.